The van der Waals surface area contributed by atoms with Gasteiger partial charge in [0.15, 0.2) is 0 Å². The van der Waals surface area contributed by atoms with Crippen molar-refractivity contribution in [1.29, 1.82) is 0 Å². The summed E-state index contributed by atoms with van der Waals surface area (Å²) in [5.41, 5.74) is 2.19. The van der Waals surface area contributed by atoms with E-state index in [1.807, 2.05) is 12.1 Å². The number of nitrogens with one attached hydrogen (secondary N) is 1. The number of anilines is 1. The lowest BCUT2D eigenvalue weighted by molar-refractivity contribution is -0.117. The van der Waals surface area contributed by atoms with E-state index < -0.39 is 0 Å². The number of aryl methyl sites for hydroxylation is 1. The Morgan fingerprint density at radius 1 is 1.33 bits per heavy atom. The molecule has 0 atom stereocenters. The van der Waals surface area contributed by atoms with E-state index in [4.69, 9.17) is 0 Å². The number of hydrogen-bond acceptors (Lipinski definition) is 1. The van der Waals surface area contributed by atoms with Crippen molar-refractivity contribution in [3.8, 4) is 0 Å². The number of carbonyl (C=O) groups is 1. The second-order valence-corrected chi connectivity index (χ2v) is 6.57. The summed E-state index contributed by atoms with van der Waals surface area (Å²) in [6, 6.07) is 8.10. The molecule has 0 aliphatic carbocycles. The number of rotatable bonds is 5. The Morgan fingerprint density at radius 3 is 2.67 bits per heavy atom. The van der Waals surface area contributed by atoms with Crippen LogP contribution in [0.2, 0.25) is 0 Å². The van der Waals surface area contributed by atoms with Crippen molar-refractivity contribution < 1.29 is 4.79 Å². The second kappa shape index (κ2) is 6.93. The van der Waals surface area contributed by atoms with Crippen LogP contribution in [0.15, 0.2) is 24.3 Å². The average molecular weight is 312 g/mol. The highest BCUT2D eigenvalue weighted by Crippen LogP contribution is 2.20. The molecule has 3 heteroatoms. The molecule has 0 spiro atoms. The van der Waals surface area contributed by atoms with E-state index in [-0.39, 0.29) is 11.3 Å². The van der Waals surface area contributed by atoms with Crippen LogP contribution in [-0.2, 0) is 11.2 Å². The minimum atomic E-state index is 0.0255. The summed E-state index contributed by atoms with van der Waals surface area (Å²) in [6.07, 6.45) is 2.69. The van der Waals surface area contributed by atoms with Gasteiger partial charge in [-0.25, -0.2) is 0 Å². The standard InChI is InChI=1S/C15H22BrNO/c1-15(2,3)11-14(18)17-13-8-4-6-12(10-13)7-5-9-16/h4,6,8,10H,5,7,9,11H2,1-3H3,(H,17,18). The van der Waals surface area contributed by atoms with Crippen LogP contribution in [0.5, 0.6) is 0 Å². The monoisotopic (exact) mass is 311 g/mol. The molecule has 100 valence electrons. The average Bonchev–Trinajstić information content (AvgIpc) is 2.24. The number of halogens is 1. The fraction of sp³-hybridized carbons (Fsp3) is 0.533. The van der Waals surface area contributed by atoms with Crippen LogP contribution in [0.4, 0.5) is 5.69 Å². The molecule has 1 rings (SSSR count). The molecule has 0 saturated carbocycles. The summed E-state index contributed by atoms with van der Waals surface area (Å²) in [6.45, 7) is 6.21. The van der Waals surface area contributed by atoms with E-state index in [0.717, 1.165) is 23.9 Å². The lowest BCUT2D eigenvalue weighted by Gasteiger charge is -2.17. The molecule has 0 bridgehead atoms. The number of alkyl halides is 1. The summed E-state index contributed by atoms with van der Waals surface area (Å²) in [4.78, 5) is 11.8. The van der Waals surface area contributed by atoms with E-state index in [0.29, 0.717) is 6.42 Å². The minimum absolute atomic E-state index is 0.0255. The van der Waals surface area contributed by atoms with Gasteiger partial charge in [-0.1, -0.05) is 48.8 Å². The van der Waals surface area contributed by atoms with Gasteiger partial charge in [-0.3, -0.25) is 4.79 Å². The SMILES string of the molecule is CC(C)(C)CC(=O)Nc1cccc(CCCBr)c1. The first kappa shape index (κ1) is 15.2. The zero-order valence-electron chi connectivity index (χ0n) is 11.4. The zero-order chi connectivity index (χ0) is 13.6. The zero-order valence-corrected chi connectivity index (χ0v) is 13.0. The van der Waals surface area contributed by atoms with E-state index in [1.54, 1.807) is 0 Å². The van der Waals surface area contributed by atoms with Crippen LogP contribution < -0.4 is 5.32 Å². The fourth-order valence-electron chi connectivity index (χ4n) is 1.76. The molecule has 0 aromatic heterocycles. The predicted molar refractivity (Wildman–Crippen MR) is 81.3 cm³/mol. The highest BCUT2D eigenvalue weighted by atomic mass is 79.9. The minimum Gasteiger partial charge on any atom is -0.326 e. The highest BCUT2D eigenvalue weighted by Gasteiger charge is 2.15. The summed E-state index contributed by atoms with van der Waals surface area (Å²) >= 11 is 3.43. The molecule has 0 fully saturated rings. The Balaban J connectivity index is 2.59. The van der Waals surface area contributed by atoms with Gasteiger partial charge in [0, 0.05) is 17.4 Å². The Kier molecular flexibility index (Phi) is 5.86. The molecule has 1 aromatic carbocycles. The summed E-state index contributed by atoms with van der Waals surface area (Å²) in [7, 11) is 0. The fourth-order valence-corrected chi connectivity index (χ4v) is 2.04. The topological polar surface area (TPSA) is 29.1 Å². The van der Waals surface area contributed by atoms with Gasteiger partial charge in [0.05, 0.1) is 0 Å². The lowest BCUT2D eigenvalue weighted by Crippen LogP contribution is -2.19. The van der Waals surface area contributed by atoms with E-state index in [1.165, 1.54) is 5.56 Å². The molecule has 1 aromatic rings. The number of benzene rings is 1. The van der Waals surface area contributed by atoms with Crippen molar-refractivity contribution in [2.75, 3.05) is 10.6 Å². The van der Waals surface area contributed by atoms with E-state index in [2.05, 4.69) is 54.2 Å². The van der Waals surface area contributed by atoms with Crippen molar-refractivity contribution in [2.24, 2.45) is 5.41 Å². The molecule has 2 nitrogen and oxygen atoms in total. The maximum atomic E-state index is 11.8. The van der Waals surface area contributed by atoms with Crippen LogP contribution >= 0.6 is 15.9 Å². The van der Waals surface area contributed by atoms with Crippen LogP contribution in [0.3, 0.4) is 0 Å². The van der Waals surface area contributed by atoms with E-state index in [9.17, 15) is 4.79 Å². The largest absolute Gasteiger partial charge is 0.326 e. The molecule has 0 aliphatic heterocycles. The van der Waals surface area contributed by atoms with Gasteiger partial charge in [0.1, 0.15) is 0 Å². The third-order valence-electron chi connectivity index (χ3n) is 2.50. The Labute approximate surface area is 118 Å². The highest BCUT2D eigenvalue weighted by molar-refractivity contribution is 9.09. The van der Waals surface area contributed by atoms with E-state index >= 15 is 0 Å². The normalized spacial score (nSPS) is 11.3. The molecule has 18 heavy (non-hydrogen) atoms. The quantitative estimate of drug-likeness (QED) is 0.803. The van der Waals surface area contributed by atoms with Gasteiger partial charge in [-0.05, 0) is 36.0 Å². The first-order chi connectivity index (χ1) is 8.40. The molecular formula is C15H22BrNO. The maximum Gasteiger partial charge on any atom is 0.224 e. The van der Waals surface area contributed by atoms with Gasteiger partial charge in [-0.15, -0.1) is 0 Å². The molecular weight excluding hydrogens is 290 g/mol. The molecule has 0 unspecified atom stereocenters. The molecule has 0 saturated heterocycles. The molecule has 1 amide bonds. The van der Waals surface area contributed by atoms with Crippen LogP contribution in [-0.4, -0.2) is 11.2 Å². The number of carbonyl (C=O) groups excluding carboxylic acids is 1. The third kappa shape index (κ3) is 6.20. The third-order valence-corrected chi connectivity index (χ3v) is 3.06. The molecule has 0 aliphatic rings. The van der Waals surface area contributed by atoms with Crippen molar-refractivity contribution >= 4 is 27.5 Å². The maximum absolute atomic E-state index is 11.8. The number of amides is 1. The first-order valence-corrected chi connectivity index (χ1v) is 7.47. The van der Waals surface area contributed by atoms with Crippen LogP contribution in [0.1, 0.15) is 39.2 Å². The Bertz CT molecular complexity index is 396. The van der Waals surface area contributed by atoms with Crippen molar-refractivity contribution in [3.63, 3.8) is 0 Å². The van der Waals surface area contributed by atoms with Crippen molar-refractivity contribution in [2.45, 2.75) is 40.0 Å². The van der Waals surface area contributed by atoms with Gasteiger partial charge < -0.3 is 5.32 Å². The molecule has 1 N–H and O–H groups in total. The van der Waals surface area contributed by atoms with Gasteiger partial charge in [-0.2, -0.15) is 0 Å². The number of hydrogen-bond donors (Lipinski definition) is 1. The summed E-state index contributed by atoms with van der Waals surface area (Å²) < 4.78 is 0. The van der Waals surface area contributed by atoms with Gasteiger partial charge in [0.25, 0.3) is 0 Å². The Morgan fingerprint density at radius 2 is 2.06 bits per heavy atom. The van der Waals surface area contributed by atoms with Gasteiger partial charge in [0.2, 0.25) is 5.91 Å². The smallest absolute Gasteiger partial charge is 0.224 e. The predicted octanol–water partition coefficient (Wildman–Crippen LogP) is 4.39. The van der Waals surface area contributed by atoms with Crippen molar-refractivity contribution in [1.82, 2.24) is 0 Å². The lowest BCUT2D eigenvalue weighted by atomic mass is 9.92. The summed E-state index contributed by atoms with van der Waals surface area (Å²) in [5.74, 6) is 0.0835. The van der Waals surface area contributed by atoms with Gasteiger partial charge >= 0.3 is 0 Å². The molecule has 0 radical (unpaired) electrons. The van der Waals surface area contributed by atoms with Crippen LogP contribution in [0, 0.1) is 5.41 Å². The summed E-state index contributed by atoms with van der Waals surface area (Å²) in [5, 5.41) is 3.97. The Hall–Kier alpha value is -0.830. The van der Waals surface area contributed by atoms with Crippen molar-refractivity contribution in [3.05, 3.63) is 29.8 Å². The molecule has 0 heterocycles. The first-order valence-electron chi connectivity index (χ1n) is 6.35. The van der Waals surface area contributed by atoms with Crippen LogP contribution in [0.25, 0.3) is 0 Å². The second-order valence-electron chi connectivity index (χ2n) is 5.78.